The average Bonchev–Trinajstić information content (AvgIpc) is 2.41. The van der Waals surface area contributed by atoms with Gasteiger partial charge in [0.25, 0.3) is 5.91 Å². The molecule has 18 heavy (non-hydrogen) atoms. The summed E-state index contributed by atoms with van der Waals surface area (Å²) in [5.41, 5.74) is 8.30. The molecule has 98 valence electrons. The number of nitrogens with zero attached hydrogens (tertiary/aromatic N) is 1. The Morgan fingerprint density at radius 1 is 1.39 bits per heavy atom. The molecular formula is C15H22N2O. The SMILES string of the molecule is CCC1CCN(C(=O)c2ccc(C)c(N)c2)CC1. The van der Waals surface area contributed by atoms with Crippen LogP contribution in [-0.4, -0.2) is 23.9 Å². The van der Waals surface area contributed by atoms with Gasteiger partial charge in [-0.2, -0.15) is 0 Å². The highest BCUT2D eigenvalue weighted by molar-refractivity contribution is 5.95. The Morgan fingerprint density at radius 2 is 2.06 bits per heavy atom. The van der Waals surface area contributed by atoms with Crippen LogP contribution in [0.3, 0.4) is 0 Å². The van der Waals surface area contributed by atoms with Gasteiger partial charge >= 0.3 is 0 Å². The predicted octanol–water partition coefficient (Wildman–Crippen LogP) is 2.84. The van der Waals surface area contributed by atoms with Crippen LogP contribution in [0.2, 0.25) is 0 Å². The van der Waals surface area contributed by atoms with Gasteiger partial charge in [-0.1, -0.05) is 19.4 Å². The van der Waals surface area contributed by atoms with Crippen molar-refractivity contribution in [2.45, 2.75) is 33.1 Å². The van der Waals surface area contributed by atoms with Crippen LogP contribution < -0.4 is 5.73 Å². The van der Waals surface area contributed by atoms with Gasteiger partial charge in [-0.05, 0) is 43.4 Å². The molecule has 0 aliphatic carbocycles. The molecule has 2 rings (SSSR count). The molecule has 2 N–H and O–H groups in total. The molecule has 0 atom stereocenters. The van der Waals surface area contributed by atoms with Gasteiger partial charge in [0.1, 0.15) is 0 Å². The number of benzene rings is 1. The lowest BCUT2D eigenvalue weighted by Gasteiger charge is -2.31. The molecule has 1 saturated heterocycles. The van der Waals surface area contributed by atoms with Crippen molar-refractivity contribution in [1.82, 2.24) is 4.90 Å². The average molecular weight is 246 g/mol. The van der Waals surface area contributed by atoms with Crippen molar-refractivity contribution < 1.29 is 4.79 Å². The van der Waals surface area contributed by atoms with Gasteiger partial charge in [0.05, 0.1) is 0 Å². The fourth-order valence-corrected chi connectivity index (χ4v) is 2.50. The molecular weight excluding hydrogens is 224 g/mol. The van der Waals surface area contributed by atoms with Gasteiger partial charge in [-0.25, -0.2) is 0 Å². The number of carbonyl (C=O) groups is 1. The Hall–Kier alpha value is -1.51. The van der Waals surface area contributed by atoms with Crippen LogP contribution in [0.4, 0.5) is 5.69 Å². The zero-order valence-corrected chi connectivity index (χ0v) is 11.3. The summed E-state index contributed by atoms with van der Waals surface area (Å²) in [6.45, 7) is 5.94. The molecule has 0 aromatic heterocycles. The first-order valence-electron chi connectivity index (χ1n) is 6.77. The van der Waals surface area contributed by atoms with Crippen molar-refractivity contribution in [1.29, 1.82) is 0 Å². The van der Waals surface area contributed by atoms with E-state index >= 15 is 0 Å². The first-order chi connectivity index (χ1) is 8.61. The van der Waals surface area contributed by atoms with Gasteiger partial charge < -0.3 is 10.6 Å². The second kappa shape index (κ2) is 5.42. The van der Waals surface area contributed by atoms with E-state index in [1.807, 2.05) is 24.0 Å². The number of nitrogens with two attached hydrogens (primary N) is 1. The maximum absolute atomic E-state index is 12.3. The predicted molar refractivity (Wildman–Crippen MR) is 74.5 cm³/mol. The molecule has 1 aliphatic rings. The van der Waals surface area contributed by atoms with Gasteiger partial charge in [-0.3, -0.25) is 4.79 Å². The number of piperidine rings is 1. The Kier molecular flexibility index (Phi) is 3.90. The summed E-state index contributed by atoms with van der Waals surface area (Å²) in [5, 5.41) is 0. The summed E-state index contributed by atoms with van der Waals surface area (Å²) in [4.78, 5) is 14.3. The third kappa shape index (κ3) is 2.66. The molecule has 0 radical (unpaired) electrons. The van der Waals surface area contributed by atoms with Crippen molar-refractivity contribution in [3.63, 3.8) is 0 Å². The summed E-state index contributed by atoms with van der Waals surface area (Å²) in [6.07, 6.45) is 3.48. The zero-order valence-electron chi connectivity index (χ0n) is 11.3. The summed E-state index contributed by atoms with van der Waals surface area (Å²) in [7, 11) is 0. The molecule has 1 amide bonds. The van der Waals surface area contributed by atoms with Crippen molar-refractivity contribution in [2.75, 3.05) is 18.8 Å². The summed E-state index contributed by atoms with van der Waals surface area (Å²) in [5.74, 6) is 0.911. The monoisotopic (exact) mass is 246 g/mol. The van der Waals surface area contributed by atoms with Crippen LogP contribution in [0.25, 0.3) is 0 Å². The largest absolute Gasteiger partial charge is 0.398 e. The lowest BCUT2D eigenvalue weighted by molar-refractivity contribution is 0.0689. The number of amides is 1. The van der Waals surface area contributed by atoms with E-state index < -0.39 is 0 Å². The first-order valence-corrected chi connectivity index (χ1v) is 6.77. The van der Waals surface area contributed by atoms with E-state index in [0.29, 0.717) is 11.3 Å². The third-order valence-corrected chi connectivity index (χ3v) is 4.01. The van der Waals surface area contributed by atoms with Crippen LogP contribution in [0, 0.1) is 12.8 Å². The topological polar surface area (TPSA) is 46.3 Å². The van der Waals surface area contributed by atoms with Gasteiger partial charge in [0.2, 0.25) is 0 Å². The minimum atomic E-state index is 0.122. The smallest absolute Gasteiger partial charge is 0.253 e. The van der Waals surface area contributed by atoms with Crippen molar-refractivity contribution >= 4 is 11.6 Å². The highest BCUT2D eigenvalue weighted by atomic mass is 16.2. The van der Waals surface area contributed by atoms with E-state index in [9.17, 15) is 4.79 Å². The molecule has 3 heteroatoms. The number of hydrogen-bond acceptors (Lipinski definition) is 2. The van der Waals surface area contributed by atoms with Gasteiger partial charge in [-0.15, -0.1) is 0 Å². The van der Waals surface area contributed by atoms with Crippen LogP contribution >= 0.6 is 0 Å². The van der Waals surface area contributed by atoms with Crippen molar-refractivity contribution in [3.8, 4) is 0 Å². The molecule has 1 heterocycles. The fourth-order valence-electron chi connectivity index (χ4n) is 2.50. The van der Waals surface area contributed by atoms with E-state index in [0.717, 1.165) is 37.4 Å². The number of carbonyl (C=O) groups excluding carboxylic acids is 1. The minimum Gasteiger partial charge on any atom is -0.398 e. The Labute approximate surface area is 109 Å². The van der Waals surface area contributed by atoms with Gasteiger partial charge in [0, 0.05) is 24.3 Å². The molecule has 1 aromatic rings. The van der Waals surface area contributed by atoms with E-state index in [2.05, 4.69) is 6.92 Å². The van der Waals surface area contributed by atoms with Crippen molar-refractivity contribution in [2.24, 2.45) is 5.92 Å². The molecule has 1 aliphatic heterocycles. The summed E-state index contributed by atoms with van der Waals surface area (Å²) >= 11 is 0. The third-order valence-electron chi connectivity index (χ3n) is 4.01. The number of anilines is 1. The summed E-state index contributed by atoms with van der Waals surface area (Å²) < 4.78 is 0. The van der Waals surface area contributed by atoms with E-state index in [1.54, 1.807) is 6.07 Å². The van der Waals surface area contributed by atoms with Gasteiger partial charge in [0.15, 0.2) is 0 Å². The molecule has 3 nitrogen and oxygen atoms in total. The Balaban J connectivity index is 2.05. The number of aryl methyl sites for hydroxylation is 1. The lowest BCUT2D eigenvalue weighted by atomic mass is 9.94. The molecule has 0 saturated carbocycles. The maximum Gasteiger partial charge on any atom is 0.253 e. The standard InChI is InChI=1S/C15H22N2O/c1-3-12-6-8-17(9-7-12)15(18)13-5-4-11(2)14(16)10-13/h4-5,10,12H,3,6-9,16H2,1-2H3. The molecule has 0 bridgehead atoms. The van der Waals surface area contributed by atoms with Crippen LogP contribution in [-0.2, 0) is 0 Å². The van der Waals surface area contributed by atoms with E-state index in [1.165, 1.54) is 6.42 Å². The quantitative estimate of drug-likeness (QED) is 0.816. The summed E-state index contributed by atoms with van der Waals surface area (Å²) in [6, 6.07) is 5.59. The maximum atomic E-state index is 12.3. The highest BCUT2D eigenvalue weighted by Gasteiger charge is 2.22. The molecule has 0 spiro atoms. The van der Waals surface area contributed by atoms with E-state index in [-0.39, 0.29) is 5.91 Å². The van der Waals surface area contributed by atoms with Crippen LogP contribution in [0.15, 0.2) is 18.2 Å². The van der Waals surface area contributed by atoms with Crippen molar-refractivity contribution in [3.05, 3.63) is 29.3 Å². The Morgan fingerprint density at radius 3 is 2.61 bits per heavy atom. The number of likely N-dealkylation sites (tertiary alicyclic amines) is 1. The van der Waals surface area contributed by atoms with Crippen LogP contribution in [0.1, 0.15) is 42.1 Å². The second-order valence-corrected chi connectivity index (χ2v) is 5.22. The number of hydrogen-bond donors (Lipinski definition) is 1. The number of nitrogen functional groups attached to an aromatic ring is 1. The lowest BCUT2D eigenvalue weighted by Crippen LogP contribution is -2.38. The van der Waals surface area contributed by atoms with Crippen LogP contribution in [0.5, 0.6) is 0 Å². The van der Waals surface area contributed by atoms with E-state index in [4.69, 9.17) is 5.73 Å². The zero-order chi connectivity index (χ0) is 13.1. The first kappa shape index (κ1) is 12.9. The normalized spacial score (nSPS) is 16.9. The highest BCUT2D eigenvalue weighted by Crippen LogP contribution is 2.22. The molecule has 1 fully saturated rings. The molecule has 1 aromatic carbocycles. The second-order valence-electron chi connectivity index (χ2n) is 5.22. The molecule has 0 unspecified atom stereocenters. The fraction of sp³-hybridized carbons (Fsp3) is 0.533. The minimum absolute atomic E-state index is 0.122. The number of rotatable bonds is 2. The Bertz CT molecular complexity index is 434.